The average molecular weight is 488 g/mol. The zero-order valence-corrected chi connectivity index (χ0v) is 21.2. The number of rotatable bonds is 9. The highest BCUT2D eigenvalue weighted by molar-refractivity contribution is 7.92. The van der Waals surface area contributed by atoms with Gasteiger partial charge in [0.25, 0.3) is 15.9 Å². The minimum absolute atomic E-state index is 0.0127. The Kier molecular flexibility index (Phi) is 9.08. The van der Waals surface area contributed by atoms with E-state index >= 15 is 0 Å². The van der Waals surface area contributed by atoms with Gasteiger partial charge in [-0.2, -0.15) is 8.42 Å². The largest absolute Gasteiger partial charge is 0.291 e. The van der Waals surface area contributed by atoms with Crippen LogP contribution < -0.4 is 16.2 Å². The number of hydrogen-bond acceptors (Lipinski definition) is 7. The van der Waals surface area contributed by atoms with E-state index in [0.29, 0.717) is 5.56 Å². The Bertz CT molecular complexity index is 1140. The van der Waals surface area contributed by atoms with Crippen molar-refractivity contribution in [1.29, 1.82) is 0 Å². The van der Waals surface area contributed by atoms with Crippen LogP contribution in [-0.2, 0) is 19.8 Å². The summed E-state index contributed by atoms with van der Waals surface area (Å²) in [5, 5.41) is 6.12. The molecule has 0 aliphatic rings. The zero-order valence-electron chi connectivity index (χ0n) is 20.4. The third-order valence-electron chi connectivity index (χ3n) is 5.35. The van der Waals surface area contributed by atoms with Gasteiger partial charge in [0.15, 0.2) is 0 Å². The van der Waals surface area contributed by atoms with E-state index in [4.69, 9.17) is 5.84 Å². The first-order valence-electron chi connectivity index (χ1n) is 11.0. The van der Waals surface area contributed by atoms with Crippen LogP contribution in [0.1, 0.15) is 81.5 Å². The Morgan fingerprint density at radius 1 is 0.971 bits per heavy atom. The molecule has 0 bridgehead atoms. The Balaban J connectivity index is 2.49. The number of benzene rings is 2. The fourth-order valence-corrected chi connectivity index (χ4v) is 5.20. The van der Waals surface area contributed by atoms with Gasteiger partial charge in [-0.3, -0.25) is 9.73 Å². The third-order valence-corrected chi connectivity index (χ3v) is 7.06. The standard InChI is InChI=1S/C24H33N5O4S/c1-15(2)19-13-21(16(3)4)24(22(14-19)17(5)6)34(31,32)29(25)20-10-7-18(8-11-20)9-12-23(30)27-28-33-26/h7-17H,25-26H2,1-6H3/b12-9+,28-27?. The van der Waals surface area contributed by atoms with Crippen LogP contribution in [0.4, 0.5) is 5.69 Å². The molecule has 2 rings (SSSR count). The number of anilines is 1. The second-order valence-corrected chi connectivity index (χ2v) is 10.6. The van der Waals surface area contributed by atoms with Crippen LogP contribution in [0, 0.1) is 0 Å². The highest BCUT2D eigenvalue weighted by atomic mass is 32.2. The minimum atomic E-state index is -4.05. The number of nitrogens with zero attached hydrogens (tertiary/aromatic N) is 3. The predicted octanol–water partition coefficient (Wildman–Crippen LogP) is 4.92. The van der Waals surface area contributed by atoms with E-state index in [9.17, 15) is 13.2 Å². The first-order chi connectivity index (χ1) is 15.9. The number of carbonyl (C=O) groups excluding carboxylic acids is 1. The summed E-state index contributed by atoms with van der Waals surface area (Å²) in [7, 11) is -4.05. The normalized spacial score (nSPS) is 12.4. The smallest absolute Gasteiger partial charge is 0.282 e. The lowest BCUT2D eigenvalue weighted by Crippen LogP contribution is -2.38. The van der Waals surface area contributed by atoms with Crippen molar-refractivity contribution in [2.24, 2.45) is 22.1 Å². The molecule has 0 radical (unpaired) electrons. The maximum absolute atomic E-state index is 13.8. The third kappa shape index (κ3) is 6.28. The molecule has 2 aromatic rings. The maximum Gasteiger partial charge on any atom is 0.291 e. The van der Waals surface area contributed by atoms with Crippen LogP contribution >= 0.6 is 0 Å². The molecule has 4 N–H and O–H groups in total. The Hall–Kier alpha value is -3.08. The summed E-state index contributed by atoms with van der Waals surface area (Å²) >= 11 is 0. The molecule has 9 nitrogen and oxygen atoms in total. The summed E-state index contributed by atoms with van der Waals surface area (Å²) in [6.45, 7) is 12.1. The SMILES string of the molecule is CC(C)c1cc(C(C)C)c(S(=O)(=O)N(N)c2ccc(/C=C/C(=O)N=NON)cc2)c(C(C)C)c1. The van der Waals surface area contributed by atoms with Gasteiger partial charge < -0.3 is 0 Å². The molecule has 0 spiro atoms. The summed E-state index contributed by atoms with van der Waals surface area (Å²) < 4.78 is 28.3. The molecule has 0 aliphatic heterocycles. The van der Waals surface area contributed by atoms with Crippen molar-refractivity contribution >= 4 is 27.7 Å². The predicted molar refractivity (Wildman–Crippen MR) is 133 cm³/mol. The quantitative estimate of drug-likeness (QED) is 0.222. The molecule has 0 heterocycles. The van der Waals surface area contributed by atoms with Crippen molar-refractivity contribution in [1.82, 2.24) is 0 Å². The van der Waals surface area contributed by atoms with Crippen molar-refractivity contribution in [2.75, 3.05) is 4.41 Å². The number of amides is 1. The van der Waals surface area contributed by atoms with Crippen molar-refractivity contribution in [2.45, 2.75) is 64.2 Å². The minimum Gasteiger partial charge on any atom is -0.282 e. The van der Waals surface area contributed by atoms with Crippen molar-refractivity contribution in [3.8, 4) is 0 Å². The first-order valence-corrected chi connectivity index (χ1v) is 12.4. The van der Waals surface area contributed by atoms with Crippen LogP contribution in [0.2, 0.25) is 0 Å². The van der Waals surface area contributed by atoms with Gasteiger partial charge in [0.1, 0.15) is 0 Å². The fraction of sp³-hybridized carbons (Fsp3) is 0.375. The van der Waals surface area contributed by atoms with Crippen molar-refractivity contribution in [3.05, 3.63) is 64.7 Å². The average Bonchev–Trinajstić information content (AvgIpc) is 2.80. The second kappa shape index (κ2) is 11.4. The van der Waals surface area contributed by atoms with E-state index in [1.807, 2.05) is 39.8 Å². The highest BCUT2D eigenvalue weighted by Gasteiger charge is 2.31. The molecule has 10 heteroatoms. The van der Waals surface area contributed by atoms with Gasteiger partial charge in [-0.25, -0.2) is 10.3 Å². The van der Waals surface area contributed by atoms with Crippen molar-refractivity contribution < 1.29 is 18.2 Å². The van der Waals surface area contributed by atoms with Crippen LogP contribution in [0.5, 0.6) is 0 Å². The van der Waals surface area contributed by atoms with Crippen LogP contribution in [0.3, 0.4) is 0 Å². The van der Waals surface area contributed by atoms with E-state index in [-0.39, 0.29) is 28.3 Å². The second-order valence-electron chi connectivity index (χ2n) is 8.84. The topological polar surface area (TPSA) is 140 Å². The van der Waals surface area contributed by atoms with E-state index in [0.717, 1.165) is 21.1 Å². The van der Waals surface area contributed by atoms with Crippen LogP contribution in [0.25, 0.3) is 6.08 Å². The van der Waals surface area contributed by atoms with Crippen LogP contribution in [-0.4, -0.2) is 14.3 Å². The molecule has 2 aromatic carbocycles. The van der Waals surface area contributed by atoms with E-state index in [2.05, 4.69) is 35.1 Å². The number of hydrazine groups is 1. The molecule has 0 unspecified atom stereocenters. The first kappa shape index (κ1) is 27.2. The molecule has 0 saturated heterocycles. The molecule has 0 atom stereocenters. The van der Waals surface area contributed by atoms with Gasteiger partial charge in [0.2, 0.25) is 0 Å². The molecular formula is C24H33N5O4S. The van der Waals surface area contributed by atoms with E-state index in [1.54, 1.807) is 24.3 Å². The van der Waals surface area contributed by atoms with E-state index < -0.39 is 15.9 Å². The van der Waals surface area contributed by atoms with Gasteiger partial charge in [0.05, 0.1) is 15.9 Å². The van der Waals surface area contributed by atoms with Gasteiger partial charge in [0, 0.05) is 6.08 Å². The molecule has 1 amide bonds. The highest BCUT2D eigenvalue weighted by Crippen LogP contribution is 2.37. The molecule has 0 aromatic heterocycles. The lowest BCUT2D eigenvalue weighted by molar-refractivity contribution is -0.114. The molecule has 34 heavy (non-hydrogen) atoms. The Morgan fingerprint density at radius 2 is 1.50 bits per heavy atom. The molecular weight excluding hydrogens is 454 g/mol. The molecule has 0 aliphatic carbocycles. The summed E-state index contributed by atoms with van der Waals surface area (Å²) in [6, 6.07) is 10.4. The molecule has 0 fully saturated rings. The van der Waals surface area contributed by atoms with E-state index in [1.165, 1.54) is 12.2 Å². The van der Waals surface area contributed by atoms with Crippen molar-refractivity contribution in [3.63, 3.8) is 0 Å². The summed E-state index contributed by atoms with van der Waals surface area (Å²) in [5.41, 5.74) is 3.52. The summed E-state index contributed by atoms with van der Waals surface area (Å²) in [4.78, 5) is 15.6. The lowest BCUT2D eigenvalue weighted by atomic mass is 9.89. The summed E-state index contributed by atoms with van der Waals surface area (Å²) in [5.74, 6) is 10.4. The van der Waals surface area contributed by atoms with Gasteiger partial charge in [-0.15, -0.1) is 5.90 Å². The molecule has 0 saturated carbocycles. The van der Waals surface area contributed by atoms with Gasteiger partial charge in [-0.1, -0.05) is 70.9 Å². The number of nitrogens with two attached hydrogens (primary N) is 2. The van der Waals surface area contributed by atoms with Gasteiger partial charge in [-0.05, 0) is 58.2 Å². The lowest BCUT2D eigenvalue weighted by Gasteiger charge is -2.26. The number of carbonyl (C=O) groups is 1. The molecule has 184 valence electrons. The fourth-order valence-electron chi connectivity index (χ4n) is 3.42. The van der Waals surface area contributed by atoms with Crippen LogP contribution in [0.15, 0.2) is 57.8 Å². The Labute approximate surface area is 201 Å². The van der Waals surface area contributed by atoms with Gasteiger partial charge >= 0.3 is 0 Å². The maximum atomic E-state index is 13.8. The summed E-state index contributed by atoms with van der Waals surface area (Å²) in [6.07, 6.45) is 2.67. The Morgan fingerprint density at radius 3 is 1.94 bits per heavy atom. The monoisotopic (exact) mass is 487 g/mol. The zero-order chi connectivity index (χ0) is 25.6. The number of sulfonamides is 1. The number of hydrogen-bond donors (Lipinski definition) is 2.